The van der Waals surface area contributed by atoms with Crippen LogP contribution in [-0.4, -0.2) is 27.9 Å². The highest BCUT2D eigenvalue weighted by Crippen LogP contribution is 2.27. The monoisotopic (exact) mass is 221 g/mol. The maximum atomic E-state index is 11.7. The molecule has 0 fully saturated rings. The summed E-state index contributed by atoms with van der Waals surface area (Å²) in [5.41, 5.74) is 1.19. The lowest BCUT2D eigenvalue weighted by molar-refractivity contribution is 0.102. The van der Waals surface area contributed by atoms with Crippen molar-refractivity contribution in [1.29, 1.82) is 0 Å². The summed E-state index contributed by atoms with van der Waals surface area (Å²) in [5, 5.41) is 10.4. The van der Waals surface area contributed by atoms with E-state index in [0.29, 0.717) is 11.3 Å². The Hall–Kier alpha value is -1.42. The van der Waals surface area contributed by atoms with Gasteiger partial charge in [0.25, 0.3) is 0 Å². The number of Topliss-reactive ketones (excluding diaryl/α,β-unsaturated/α-hetero) is 1. The molecule has 1 heterocycles. The molecule has 0 saturated carbocycles. The van der Waals surface area contributed by atoms with Crippen molar-refractivity contribution in [3.05, 3.63) is 29.8 Å². The number of para-hydroxylation sites is 1. The Bertz CT molecular complexity index is 504. The lowest BCUT2D eigenvalue weighted by Crippen LogP contribution is -2.01. The molecule has 2 aromatic rings. The predicted octanol–water partition coefficient (Wildman–Crippen LogP) is 2.42. The second kappa shape index (κ2) is 3.98. The molecule has 2 rings (SSSR count). The molecule has 3 nitrogen and oxygen atoms in total. The number of benzene rings is 1. The molecule has 0 atom stereocenters. The molecule has 0 radical (unpaired) electrons. The van der Waals surface area contributed by atoms with Gasteiger partial charge in [0.2, 0.25) is 5.88 Å². The quantitative estimate of drug-likeness (QED) is 0.782. The van der Waals surface area contributed by atoms with Crippen LogP contribution < -0.4 is 0 Å². The van der Waals surface area contributed by atoms with Gasteiger partial charge in [-0.15, -0.1) is 0 Å². The zero-order valence-corrected chi connectivity index (χ0v) is 9.10. The average Bonchev–Trinajstić information content (AvgIpc) is 2.54. The van der Waals surface area contributed by atoms with Crippen molar-refractivity contribution in [1.82, 2.24) is 4.98 Å². The Morgan fingerprint density at radius 1 is 1.47 bits per heavy atom. The van der Waals surface area contributed by atoms with E-state index in [1.54, 1.807) is 0 Å². The van der Waals surface area contributed by atoms with Crippen molar-refractivity contribution in [2.75, 3.05) is 12.0 Å². The number of ketones is 1. The third kappa shape index (κ3) is 1.72. The number of fused-ring (bicyclic) bond motifs is 1. The lowest BCUT2D eigenvalue weighted by atomic mass is 10.1. The van der Waals surface area contributed by atoms with Crippen LogP contribution in [0.4, 0.5) is 0 Å². The zero-order chi connectivity index (χ0) is 10.8. The van der Waals surface area contributed by atoms with E-state index in [1.165, 1.54) is 11.8 Å². The van der Waals surface area contributed by atoms with E-state index in [2.05, 4.69) is 4.98 Å². The standard InChI is InChI=1S/C11H11NO2S/c1-15-6-9(13)10-7-4-2-3-5-8(7)12-11(10)14/h2-5,12,14H,6H2,1H3. The van der Waals surface area contributed by atoms with Crippen LogP contribution in [0.15, 0.2) is 24.3 Å². The van der Waals surface area contributed by atoms with Crippen LogP contribution in [0.25, 0.3) is 10.9 Å². The SMILES string of the molecule is CSCC(=O)c1c(O)[nH]c2ccccc12. The minimum Gasteiger partial charge on any atom is -0.494 e. The summed E-state index contributed by atoms with van der Waals surface area (Å²) >= 11 is 1.45. The Morgan fingerprint density at radius 2 is 2.20 bits per heavy atom. The first-order chi connectivity index (χ1) is 7.24. The summed E-state index contributed by atoms with van der Waals surface area (Å²) in [6, 6.07) is 7.39. The van der Waals surface area contributed by atoms with E-state index in [4.69, 9.17) is 0 Å². The minimum absolute atomic E-state index is 0.0322. The van der Waals surface area contributed by atoms with E-state index < -0.39 is 0 Å². The second-order valence-corrected chi connectivity index (χ2v) is 4.12. The third-order valence-electron chi connectivity index (χ3n) is 2.24. The van der Waals surface area contributed by atoms with Crippen LogP contribution in [-0.2, 0) is 0 Å². The van der Waals surface area contributed by atoms with Crippen LogP contribution in [0, 0.1) is 0 Å². The summed E-state index contributed by atoms with van der Waals surface area (Å²) in [5.74, 6) is 0.308. The highest BCUT2D eigenvalue weighted by Gasteiger charge is 2.16. The van der Waals surface area contributed by atoms with Gasteiger partial charge in [0.1, 0.15) is 0 Å². The number of carbonyl (C=O) groups excluding carboxylic acids is 1. The maximum Gasteiger partial charge on any atom is 0.200 e. The van der Waals surface area contributed by atoms with Crippen LogP contribution >= 0.6 is 11.8 Å². The largest absolute Gasteiger partial charge is 0.494 e. The summed E-state index contributed by atoms with van der Waals surface area (Å²) in [6.45, 7) is 0. The van der Waals surface area contributed by atoms with Gasteiger partial charge < -0.3 is 10.1 Å². The number of nitrogens with one attached hydrogen (secondary N) is 1. The number of aromatic nitrogens is 1. The van der Waals surface area contributed by atoms with Crippen LogP contribution in [0.2, 0.25) is 0 Å². The molecule has 0 amide bonds. The second-order valence-electron chi connectivity index (χ2n) is 3.25. The molecule has 1 aromatic heterocycles. The molecular weight excluding hydrogens is 210 g/mol. The van der Waals surface area contributed by atoms with Gasteiger partial charge in [-0.1, -0.05) is 18.2 Å². The van der Waals surface area contributed by atoms with Gasteiger partial charge in [-0.3, -0.25) is 4.79 Å². The van der Waals surface area contributed by atoms with Gasteiger partial charge in [0, 0.05) is 10.9 Å². The number of aromatic hydroxyl groups is 1. The molecular formula is C11H11NO2S. The topological polar surface area (TPSA) is 53.1 Å². The highest BCUT2D eigenvalue weighted by atomic mass is 32.2. The first kappa shape index (κ1) is 10.1. The number of hydrogen-bond acceptors (Lipinski definition) is 3. The molecule has 0 saturated heterocycles. The van der Waals surface area contributed by atoms with E-state index >= 15 is 0 Å². The summed E-state index contributed by atoms with van der Waals surface area (Å²) in [6.07, 6.45) is 1.86. The van der Waals surface area contributed by atoms with Crippen LogP contribution in [0.5, 0.6) is 5.88 Å². The number of H-pyrrole nitrogens is 1. The van der Waals surface area contributed by atoms with Gasteiger partial charge in [-0.05, 0) is 12.3 Å². The first-order valence-electron chi connectivity index (χ1n) is 4.56. The Kier molecular flexibility index (Phi) is 2.68. The maximum absolute atomic E-state index is 11.7. The van der Waals surface area contributed by atoms with Crippen molar-refractivity contribution in [2.24, 2.45) is 0 Å². The van der Waals surface area contributed by atoms with Gasteiger partial charge >= 0.3 is 0 Å². The lowest BCUT2D eigenvalue weighted by Gasteiger charge is -1.97. The normalized spacial score (nSPS) is 10.7. The van der Waals surface area contributed by atoms with E-state index in [9.17, 15) is 9.90 Å². The number of rotatable bonds is 3. The van der Waals surface area contributed by atoms with Crippen LogP contribution in [0.1, 0.15) is 10.4 Å². The molecule has 78 valence electrons. The van der Waals surface area contributed by atoms with Crippen LogP contribution in [0.3, 0.4) is 0 Å². The molecule has 2 N–H and O–H groups in total. The number of hydrogen-bond donors (Lipinski definition) is 2. The Labute approximate surface area is 91.5 Å². The fourth-order valence-electron chi connectivity index (χ4n) is 1.61. The summed E-state index contributed by atoms with van der Waals surface area (Å²) < 4.78 is 0. The van der Waals surface area contributed by atoms with E-state index in [-0.39, 0.29) is 11.7 Å². The van der Waals surface area contributed by atoms with E-state index in [0.717, 1.165) is 10.9 Å². The Balaban J connectivity index is 2.58. The van der Waals surface area contributed by atoms with E-state index in [1.807, 2.05) is 30.5 Å². The number of carbonyl (C=O) groups is 1. The van der Waals surface area contributed by atoms with Crippen molar-refractivity contribution in [2.45, 2.75) is 0 Å². The third-order valence-corrected chi connectivity index (χ3v) is 2.79. The van der Waals surface area contributed by atoms with Crippen molar-refractivity contribution < 1.29 is 9.90 Å². The van der Waals surface area contributed by atoms with Gasteiger partial charge in [0.05, 0.1) is 11.3 Å². The summed E-state index contributed by atoms with van der Waals surface area (Å²) in [7, 11) is 0. The first-order valence-corrected chi connectivity index (χ1v) is 5.95. The highest BCUT2D eigenvalue weighted by molar-refractivity contribution is 7.99. The smallest absolute Gasteiger partial charge is 0.200 e. The number of thioether (sulfide) groups is 1. The Morgan fingerprint density at radius 3 is 2.93 bits per heavy atom. The van der Waals surface area contributed by atoms with Gasteiger partial charge in [-0.25, -0.2) is 0 Å². The fraction of sp³-hybridized carbons (Fsp3) is 0.182. The number of aromatic amines is 1. The molecule has 0 spiro atoms. The molecule has 1 aromatic carbocycles. The zero-order valence-electron chi connectivity index (χ0n) is 8.28. The molecule has 0 unspecified atom stereocenters. The average molecular weight is 221 g/mol. The van der Waals surface area contributed by atoms with Gasteiger partial charge in [0.15, 0.2) is 5.78 Å². The molecule has 0 aliphatic carbocycles. The van der Waals surface area contributed by atoms with Crippen molar-refractivity contribution in [3.63, 3.8) is 0 Å². The molecule has 15 heavy (non-hydrogen) atoms. The van der Waals surface area contributed by atoms with Crippen molar-refractivity contribution in [3.8, 4) is 5.88 Å². The molecule has 0 bridgehead atoms. The molecule has 0 aliphatic rings. The molecule has 4 heteroatoms. The molecule has 0 aliphatic heterocycles. The van der Waals surface area contributed by atoms with Crippen molar-refractivity contribution >= 4 is 28.4 Å². The fourth-order valence-corrected chi connectivity index (χ4v) is 2.02. The van der Waals surface area contributed by atoms with Gasteiger partial charge in [-0.2, -0.15) is 11.8 Å². The summed E-state index contributed by atoms with van der Waals surface area (Å²) in [4.78, 5) is 14.5. The minimum atomic E-state index is -0.0440. The predicted molar refractivity (Wildman–Crippen MR) is 62.7 cm³/mol.